The molecule has 0 aromatic heterocycles. The number of nitrogens with one attached hydrogen (secondary N) is 2. The van der Waals surface area contributed by atoms with Gasteiger partial charge in [0.15, 0.2) is 0 Å². The highest BCUT2D eigenvalue weighted by Gasteiger charge is 2.44. The van der Waals surface area contributed by atoms with Gasteiger partial charge < -0.3 is 10.6 Å². The third-order valence-electron chi connectivity index (χ3n) is 2.73. The van der Waals surface area contributed by atoms with Gasteiger partial charge in [0.1, 0.15) is 0 Å². The Balaban J connectivity index is 2.57. The molecule has 0 aliphatic carbocycles. The molecule has 0 aliphatic heterocycles. The number of hydrogen-bond acceptors (Lipinski definition) is 3. The maximum atomic E-state index is 12.1. The van der Waals surface area contributed by atoms with Crippen molar-refractivity contribution >= 4 is 21.6 Å². The number of urea groups is 1. The van der Waals surface area contributed by atoms with E-state index in [0.29, 0.717) is 5.69 Å². The Kier molecular flexibility index (Phi) is 5.21. The summed E-state index contributed by atoms with van der Waals surface area (Å²) < 4.78 is 57.9. The predicted molar refractivity (Wildman–Crippen MR) is 72.8 cm³/mol. The molecule has 0 heterocycles. The number of rotatable bonds is 4. The summed E-state index contributed by atoms with van der Waals surface area (Å²) in [4.78, 5) is 11.6. The van der Waals surface area contributed by atoms with Crippen LogP contribution in [-0.4, -0.2) is 32.3 Å². The van der Waals surface area contributed by atoms with Crippen LogP contribution in [0.15, 0.2) is 18.2 Å². The van der Waals surface area contributed by atoms with E-state index in [1.54, 1.807) is 32.0 Å². The molecule has 0 radical (unpaired) electrons. The van der Waals surface area contributed by atoms with Gasteiger partial charge in [-0.05, 0) is 25.0 Å². The zero-order chi connectivity index (χ0) is 16.3. The minimum absolute atomic E-state index is 0.536. The number of sulfone groups is 1. The molecule has 0 unspecified atom stereocenters. The molecule has 21 heavy (non-hydrogen) atoms. The van der Waals surface area contributed by atoms with Crippen LogP contribution in [0.2, 0.25) is 0 Å². The third-order valence-corrected chi connectivity index (χ3v) is 4.18. The summed E-state index contributed by atoms with van der Waals surface area (Å²) in [5.41, 5.74) is -3.20. The summed E-state index contributed by atoms with van der Waals surface area (Å²) in [5.74, 6) is -1.20. The van der Waals surface area contributed by atoms with Crippen LogP contribution < -0.4 is 10.6 Å². The standard InChI is InChI=1S/C12H15F3N2O3S/c1-8-4-3-5-9(2)10(8)17-11(18)16-6-7-21(19,20)12(13,14)15/h3-5H,6-7H2,1-2H3,(H2,16,17,18). The van der Waals surface area contributed by atoms with Gasteiger partial charge >= 0.3 is 11.5 Å². The lowest BCUT2D eigenvalue weighted by Gasteiger charge is -2.13. The first-order valence-corrected chi connectivity index (χ1v) is 7.60. The molecule has 1 aromatic carbocycles. The summed E-state index contributed by atoms with van der Waals surface area (Å²) in [6, 6.07) is 4.56. The quantitative estimate of drug-likeness (QED) is 0.893. The monoisotopic (exact) mass is 324 g/mol. The molecule has 0 saturated carbocycles. The van der Waals surface area contributed by atoms with Crippen LogP contribution in [0, 0.1) is 13.8 Å². The molecular formula is C12H15F3N2O3S. The van der Waals surface area contributed by atoms with Crippen molar-refractivity contribution in [3.8, 4) is 0 Å². The first-order valence-electron chi connectivity index (χ1n) is 5.94. The number of aryl methyl sites for hydroxylation is 2. The average molecular weight is 324 g/mol. The molecule has 118 valence electrons. The largest absolute Gasteiger partial charge is 0.497 e. The predicted octanol–water partition coefficient (Wildman–Crippen LogP) is 2.36. The van der Waals surface area contributed by atoms with Crippen LogP contribution in [0.5, 0.6) is 0 Å². The van der Waals surface area contributed by atoms with E-state index in [1.807, 2.05) is 0 Å². The molecular weight excluding hydrogens is 309 g/mol. The van der Waals surface area contributed by atoms with Crippen LogP contribution in [0.3, 0.4) is 0 Å². The lowest BCUT2D eigenvalue weighted by molar-refractivity contribution is -0.0435. The fourth-order valence-electron chi connectivity index (χ4n) is 1.58. The molecule has 9 heteroatoms. The Morgan fingerprint density at radius 2 is 1.71 bits per heavy atom. The van der Waals surface area contributed by atoms with Gasteiger partial charge in [-0.1, -0.05) is 18.2 Å². The number of halogens is 3. The lowest BCUT2D eigenvalue weighted by Crippen LogP contribution is -2.36. The zero-order valence-corrected chi connectivity index (χ0v) is 12.2. The topological polar surface area (TPSA) is 75.3 Å². The Bertz CT molecular complexity index is 607. The van der Waals surface area contributed by atoms with E-state index in [0.717, 1.165) is 11.1 Å². The SMILES string of the molecule is Cc1cccc(C)c1NC(=O)NCCS(=O)(=O)C(F)(F)F. The molecule has 2 amide bonds. The fourth-order valence-corrected chi connectivity index (χ4v) is 2.19. The molecule has 0 aliphatic rings. The van der Waals surface area contributed by atoms with E-state index in [4.69, 9.17) is 0 Å². The van der Waals surface area contributed by atoms with E-state index in [-0.39, 0.29) is 0 Å². The van der Waals surface area contributed by atoms with Gasteiger partial charge in [-0.3, -0.25) is 0 Å². The Labute approximate surface area is 120 Å². The van der Waals surface area contributed by atoms with Crippen LogP contribution in [0.1, 0.15) is 11.1 Å². The summed E-state index contributed by atoms with van der Waals surface area (Å²) in [6.07, 6.45) is 0. The summed E-state index contributed by atoms with van der Waals surface area (Å²) in [5, 5.41) is 4.56. The molecule has 2 N–H and O–H groups in total. The second-order valence-electron chi connectivity index (χ2n) is 4.41. The van der Waals surface area contributed by atoms with Gasteiger partial charge in [-0.25, -0.2) is 13.2 Å². The van der Waals surface area contributed by atoms with E-state index in [9.17, 15) is 26.4 Å². The van der Waals surface area contributed by atoms with Gasteiger partial charge in [-0.15, -0.1) is 0 Å². The van der Waals surface area contributed by atoms with E-state index >= 15 is 0 Å². The first kappa shape index (κ1) is 17.3. The Morgan fingerprint density at radius 3 is 2.19 bits per heavy atom. The van der Waals surface area contributed by atoms with Gasteiger partial charge in [0, 0.05) is 12.2 Å². The summed E-state index contributed by atoms with van der Waals surface area (Å²) in [7, 11) is -5.23. The second-order valence-corrected chi connectivity index (χ2v) is 6.51. The molecule has 1 aromatic rings. The maximum Gasteiger partial charge on any atom is 0.497 e. The Morgan fingerprint density at radius 1 is 1.19 bits per heavy atom. The van der Waals surface area contributed by atoms with E-state index in [2.05, 4.69) is 10.6 Å². The fraction of sp³-hybridized carbons (Fsp3) is 0.417. The van der Waals surface area contributed by atoms with E-state index < -0.39 is 33.7 Å². The number of anilines is 1. The normalized spacial score (nSPS) is 12.0. The van der Waals surface area contributed by atoms with Crippen LogP contribution >= 0.6 is 0 Å². The second kappa shape index (κ2) is 6.33. The van der Waals surface area contributed by atoms with Crippen molar-refractivity contribution < 1.29 is 26.4 Å². The minimum atomic E-state index is -5.31. The van der Waals surface area contributed by atoms with Crippen molar-refractivity contribution in [2.45, 2.75) is 19.4 Å². The van der Waals surface area contributed by atoms with Crippen molar-refractivity contribution in [2.24, 2.45) is 0 Å². The van der Waals surface area contributed by atoms with Crippen molar-refractivity contribution in [3.05, 3.63) is 29.3 Å². The van der Waals surface area contributed by atoms with Gasteiger partial charge in [0.05, 0.1) is 5.75 Å². The van der Waals surface area contributed by atoms with Gasteiger partial charge in [0.2, 0.25) is 9.84 Å². The number of hydrogen-bond donors (Lipinski definition) is 2. The van der Waals surface area contributed by atoms with Crippen molar-refractivity contribution in [1.29, 1.82) is 0 Å². The van der Waals surface area contributed by atoms with Gasteiger partial charge in [-0.2, -0.15) is 13.2 Å². The maximum absolute atomic E-state index is 12.1. The summed E-state index contributed by atoms with van der Waals surface area (Å²) in [6.45, 7) is 2.89. The zero-order valence-electron chi connectivity index (χ0n) is 11.4. The van der Waals surface area contributed by atoms with Crippen molar-refractivity contribution in [3.63, 3.8) is 0 Å². The number of carbonyl (C=O) groups excluding carboxylic acids is 1. The smallest absolute Gasteiger partial charge is 0.337 e. The average Bonchev–Trinajstić information content (AvgIpc) is 2.32. The van der Waals surface area contributed by atoms with Crippen molar-refractivity contribution in [1.82, 2.24) is 5.32 Å². The Hall–Kier alpha value is -1.77. The molecule has 0 bridgehead atoms. The number of amides is 2. The van der Waals surface area contributed by atoms with Crippen molar-refractivity contribution in [2.75, 3.05) is 17.6 Å². The molecule has 0 spiro atoms. The van der Waals surface area contributed by atoms with Crippen LogP contribution in [-0.2, 0) is 9.84 Å². The number of para-hydroxylation sites is 1. The van der Waals surface area contributed by atoms with Crippen LogP contribution in [0.4, 0.5) is 23.7 Å². The molecule has 0 atom stereocenters. The molecule has 1 rings (SSSR count). The molecule has 5 nitrogen and oxygen atoms in total. The van der Waals surface area contributed by atoms with E-state index in [1.165, 1.54) is 0 Å². The number of benzene rings is 1. The summed E-state index contributed by atoms with van der Waals surface area (Å²) >= 11 is 0. The minimum Gasteiger partial charge on any atom is -0.337 e. The highest BCUT2D eigenvalue weighted by molar-refractivity contribution is 7.92. The molecule has 0 saturated heterocycles. The number of alkyl halides is 3. The highest BCUT2D eigenvalue weighted by atomic mass is 32.2. The number of carbonyl (C=O) groups is 1. The highest BCUT2D eigenvalue weighted by Crippen LogP contribution is 2.23. The third kappa shape index (κ3) is 4.62. The molecule has 0 fully saturated rings. The lowest BCUT2D eigenvalue weighted by atomic mass is 10.1. The van der Waals surface area contributed by atoms with Gasteiger partial charge in [0.25, 0.3) is 0 Å². The first-order chi connectivity index (χ1) is 9.54. The van der Waals surface area contributed by atoms with Crippen LogP contribution in [0.25, 0.3) is 0 Å².